The number of hydrogen-bond donors (Lipinski definition) is 1. The van der Waals surface area contributed by atoms with E-state index in [1.54, 1.807) is 6.07 Å². The Morgan fingerprint density at radius 3 is 2.62 bits per heavy atom. The lowest BCUT2D eigenvalue weighted by molar-refractivity contribution is -0.0474. The number of rotatable bonds is 4. The number of benzene rings is 2. The molecule has 2 nitrogen and oxygen atoms in total. The first-order valence-corrected chi connectivity index (χ1v) is 8.71. The lowest BCUT2D eigenvalue weighted by Crippen LogP contribution is -2.54. The van der Waals surface area contributed by atoms with E-state index in [0.29, 0.717) is 5.56 Å². The summed E-state index contributed by atoms with van der Waals surface area (Å²) in [5.41, 5.74) is 1.91. The van der Waals surface area contributed by atoms with E-state index in [4.69, 9.17) is 0 Å². The molecule has 0 bridgehead atoms. The Bertz CT molecular complexity index is 671. The van der Waals surface area contributed by atoms with Crippen LogP contribution in [-0.2, 0) is 6.54 Å². The Labute approximate surface area is 143 Å². The molecule has 2 atom stereocenters. The van der Waals surface area contributed by atoms with Crippen LogP contribution in [-0.4, -0.2) is 21.6 Å². The first-order valence-electron chi connectivity index (χ1n) is 8.71. The fourth-order valence-corrected chi connectivity index (χ4v) is 3.84. The van der Waals surface area contributed by atoms with Crippen molar-refractivity contribution in [1.29, 1.82) is 0 Å². The predicted octanol–water partition coefficient (Wildman–Crippen LogP) is 4.69. The van der Waals surface area contributed by atoms with Crippen molar-refractivity contribution in [2.75, 3.05) is 0 Å². The van der Waals surface area contributed by atoms with E-state index in [9.17, 15) is 9.50 Å². The van der Waals surface area contributed by atoms with Crippen molar-refractivity contribution in [2.45, 2.75) is 57.3 Å². The van der Waals surface area contributed by atoms with E-state index in [-0.39, 0.29) is 17.4 Å². The minimum absolute atomic E-state index is 0.00393. The molecule has 1 N–H and O–H groups in total. The van der Waals surface area contributed by atoms with Gasteiger partial charge in [-0.3, -0.25) is 4.90 Å². The van der Waals surface area contributed by atoms with Crippen molar-refractivity contribution in [3.05, 3.63) is 71.5 Å². The highest BCUT2D eigenvalue weighted by atomic mass is 19.1. The summed E-state index contributed by atoms with van der Waals surface area (Å²) in [5, 5.41) is 10.9. The summed E-state index contributed by atoms with van der Waals surface area (Å²) in [5.74, 6) is -0.295. The number of nitrogens with zero attached hydrogens (tertiary/aromatic N) is 1. The zero-order valence-corrected chi connectivity index (χ0v) is 14.5. The van der Waals surface area contributed by atoms with Crippen LogP contribution in [0.1, 0.15) is 50.3 Å². The Kier molecular flexibility index (Phi) is 5.02. The van der Waals surface area contributed by atoms with E-state index in [0.717, 1.165) is 25.8 Å². The number of aliphatic hydroxyl groups is 1. The van der Waals surface area contributed by atoms with E-state index in [1.165, 1.54) is 17.7 Å². The largest absolute Gasteiger partial charge is 0.387 e. The van der Waals surface area contributed by atoms with Crippen molar-refractivity contribution in [2.24, 2.45) is 0 Å². The van der Waals surface area contributed by atoms with Gasteiger partial charge in [-0.05, 0) is 56.4 Å². The Morgan fingerprint density at radius 1 is 1.17 bits per heavy atom. The smallest absolute Gasteiger partial charge is 0.123 e. The number of likely N-dealkylation sites (tertiary alicyclic amines) is 1. The molecule has 0 spiro atoms. The number of halogens is 1. The summed E-state index contributed by atoms with van der Waals surface area (Å²) >= 11 is 0. The molecular weight excluding hydrogens is 301 g/mol. The second-order valence-corrected chi connectivity index (χ2v) is 7.39. The standard InChI is InChI=1S/C21H26FNO/c1-21(2)13-7-12-19(20(24)17-10-6-11-18(22)14-17)23(21)15-16-8-4-3-5-9-16/h3-6,8-11,14,19-20,24H,7,12-13,15H2,1-2H3/t19-,20+/m1/s1. The summed E-state index contributed by atoms with van der Waals surface area (Å²) < 4.78 is 13.6. The average molecular weight is 327 g/mol. The van der Waals surface area contributed by atoms with Crippen LogP contribution >= 0.6 is 0 Å². The molecule has 3 rings (SSSR count). The molecule has 1 fully saturated rings. The first kappa shape index (κ1) is 17.1. The number of aliphatic hydroxyl groups excluding tert-OH is 1. The first-order chi connectivity index (χ1) is 11.5. The zero-order valence-electron chi connectivity index (χ0n) is 14.5. The molecule has 2 aromatic carbocycles. The van der Waals surface area contributed by atoms with Crippen LogP contribution in [0.25, 0.3) is 0 Å². The molecule has 1 heterocycles. The van der Waals surface area contributed by atoms with Crippen LogP contribution < -0.4 is 0 Å². The number of hydrogen-bond acceptors (Lipinski definition) is 2. The van der Waals surface area contributed by atoms with Crippen molar-refractivity contribution < 1.29 is 9.50 Å². The highest BCUT2D eigenvalue weighted by Crippen LogP contribution is 2.38. The van der Waals surface area contributed by atoms with Crippen LogP contribution in [0, 0.1) is 5.82 Å². The van der Waals surface area contributed by atoms with Gasteiger partial charge in [-0.1, -0.05) is 42.5 Å². The van der Waals surface area contributed by atoms with Gasteiger partial charge < -0.3 is 5.11 Å². The predicted molar refractivity (Wildman–Crippen MR) is 95.1 cm³/mol. The number of piperidine rings is 1. The summed E-state index contributed by atoms with van der Waals surface area (Å²) in [4.78, 5) is 2.39. The van der Waals surface area contributed by atoms with E-state index >= 15 is 0 Å². The Morgan fingerprint density at radius 2 is 1.92 bits per heavy atom. The second-order valence-electron chi connectivity index (χ2n) is 7.39. The molecule has 0 saturated carbocycles. The van der Waals surface area contributed by atoms with Crippen LogP contribution in [0.3, 0.4) is 0 Å². The lowest BCUT2D eigenvalue weighted by atomic mass is 9.82. The van der Waals surface area contributed by atoms with Gasteiger partial charge >= 0.3 is 0 Å². The van der Waals surface area contributed by atoms with Crippen LogP contribution in [0.4, 0.5) is 4.39 Å². The van der Waals surface area contributed by atoms with Crippen molar-refractivity contribution in [3.63, 3.8) is 0 Å². The lowest BCUT2D eigenvalue weighted by Gasteiger charge is -2.49. The normalized spacial score (nSPS) is 22.2. The van der Waals surface area contributed by atoms with Crippen LogP contribution in [0.5, 0.6) is 0 Å². The third-order valence-electron chi connectivity index (χ3n) is 5.22. The minimum atomic E-state index is -0.677. The molecule has 0 aromatic heterocycles. The average Bonchev–Trinajstić information content (AvgIpc) is 2.57. The van der Waals surface area contributed by atoms with Gasteiger partial charge in [-0.2, -0.15) is 0 Å². The molecule has 24 heavy (non-hydrogen) atoms. The molecule has 128 valence electrons. The molecule has 0 radical (unpaired) electrons. The maximum absolute atomic E-state index is 13.6. The van der Waals surface area contributed by atoms with E-state index in [1.807, 2.05) is 24.3 Å². The van der Waals surface area contributed by atoms with Crippen molar-refractivity contribution in [1.82, 2.24) is 4.90 Å². The zero-order chi connectivity index (χ0) is 17.2. The van der Waals surface area contributed by atoms with Gasteiger partial charge in [-0.15, -0.1) is 0 Å². The third-order valence-corrected chi connectivity index (χ3v) is 5.22. The van der Waals surface area contributed by atoms with Gasteiger partial charge in [0.1, 0.15) is 5.82 Å². The quantitative estimate of drug-likeness (QED) is 0.880. The molecule has 1 aliphatic heterocycles. The van der Waals surface area contributed by atoms with E-state index < -0.39 is 6.10 Å². The van der Waals surface area contributed by atoms with E-state index in [2.05, 4.69) is 30.9 Å². The van der Waals surface area contributed by atoms with Gasteiger partial charge in [0.25, 0.3) is 0 Å². The highest BCUT2D eigenvalue weighted by molar-refractivity contribution is 5.22. The fourth-order valence-electron chi connectivity index (χ4n) is 3.84. The van der Waals surface area contributed by atoms with Gasteiger partial charge in [-0.25, -0.2) is 4.39 Å². The van der Waals surface area contributed by atoms with Crippen molar-refractivity contribution >= 4 is 0 Å². The molecule has 2 aromatic rings. The van der Waals surface area contributed by atoms with Crippen LogP contribution in [0.2, 0.25) is 0 Å². The maximum atomic E-state index is 13.6. The summed E-state index contributed by atoms with van der Waals surface area (Å²) in [6, 6.07) is 16.7. The molecular formula is C21H26FNO. The van der Waals surface area contributed by atoms with Crippen LogP contribution in [0.15, 0.2) is 54.6 Å². The maximum Gasteiger partial charge on any atom is 0.123 e. The molecule has 0 aliphatic carbocycles. The summed E-state index contributed by atoms with van der Waals surface area (Å²) in [7, 11) is 0. The Hall–Kier alpha value is -1.71. The van der Waals surface area contributed by atoms with Gasteiger partial charge in [0.15, 0.2) is 0 Å². The molecule has 1 aliphatic rings. The highest BCUT2D eigenvalue weighted by Gasteiger charge is 2.39. The Balaban J connectivity index is 1.88. The second kappa shape index (κ2) is 7.04. The minimum Gasteiger partial charge on any atom is -0.387 e. The fraction of sp³-hybridized carbons (Fsp3) is 0.429. The molecule has 0 unspecified atom stereocenters. The molecule has 1 saturated heterocycles. The van der Waals surface area contributed by atoms with Gasteiger partial charge in [0.05, 0.1) is 6.10 Å². The SMILES string of the molecule is CC1(C)CCC[C@H]([C@@H](O)c2cccc(F)c2)N1Cc1ccccc1. The summed E-state index contributed by atoms with van der Waals surface area (Å²) in [6.07, 6.45) is 2.43. The monoisotopic (exact) mass is 327 g/mol. The molecule has 3 heteroatoms. The summed E-state index contributed by atoms with van der Waals surface area (Å²) in [6.45, 7) is 5.27. The molecule has 0 amide bonds. The van der Waals surface area contributed by atoms with Gasteiger partial charge in [0, 0.05) is 18.1 Å². The van der Waals surface area contributed by atoms with Gasteiger partial charge in [0.2, 0.25) is 0 Å². The third kappa shape index (κ3) is 3.68. The van der Waals surface area contributed by atoms with Crippen molar-refractivity contribution in [3.8, 4) is 0 Å². The topological polar surface area (TPSA) is 23.5 Å².